The van der Waals surface area contributed by atoms with Crippen LogP contribution >= 0.6 is 0 Å². The van der Waals surface area contributed by atoms with Gasteiger partial charge in [-0.3, -0.25) is 0 Å². The maximum absolute atomic E-state index is 11.9. The van der Waals surface area contributed by atoms with Crippen LogP contribution in [0.2, 0.25) is 0 Å². The van der Waals surface area contributed by atoms with Crippen molar-refractivity contribution < 1.29 is 19.4 Å². The number of nitrogens with one attached hydrogen (secondary N) is 1. The molecule has 2 atom stereocenters. The third-order valence-corrected chi connectivity index (χ3v) is 4.23. The number of hydrogen-bond acceptors (Lipinski definition) is 3. The van der Waals surface area contributed by atoms with Gasteiger partial charge in [-0.2, -0.15) is 0 Å². The zero-order valence-corrected chi connectivity index (χ0v) is 14.5. The van der Waals surface area contributed by atoms with Gasteiger partial charge in [0.05, 0.1) is 0 Å². The minimum absolute atomic E-state index is 0.0533. The van der Waals surface area contributed by atoms with Crippen molar-refractivity contribution in [1.29, 1.82) is 0 Å². The largest absolute Gasteiger partial charge is 0.465 e. The first kappa shape index (κ1) is 18.1. The maximum Gasteiger partial charge on any atom is 0.407 e. The smallest absolute Gasteiger partial charge is 0.407 e. The molecular weight excluding hydrogens is 308 g/mol. The molecule has 2 amide bonds. The van der Waals surface area contributed by atoms with Gasteiger partial charge < -0.3 is 20.1 Å². The van der Waals surface area contributed by atoms with Crippen molar-refractivity contribution in [2.75, 3.05) is 0 Å². The third-order valence-electron chi connectivity index (χ3n) is 4.23. The number of benzene rings is 1. The molecule has 0 unspecified atom stereocenters. The molecule has 132 valence electrons. The van der Waals surface area contributed by atoms with Gasteiger partial charge in [0, 0.05) is 17.6 Å². The Morgan fingerprint density at radius 3 is 2.50 bits per heavy atom. The van der Waals surface area contributed by atoms with Crippen LogP contribution in [-0.4, -0.2) is 39.8 Å². The molecule has 0 aromatic heterocycles. The van der Waals surface area contributed by atoms with Crippen molar-refractivity contribution in [3.63, 3.8) is 0 Å². The van der Waals surface area contributed by atoms with Crippen molar-refractivity contribution in [2.45, 2.75) is 64.3 Å². The minimum atomic E-state index is -0.917. The first-order chi connectivity index (χ1) is 11.3. The van der Waals surface area contributed by atoms with E-state index in [4.69, 9.17) is 4.74 Å². The summed E-state index contributed by atoms with van der Waals surface area (Å²) in [5.74, 6) is 0. The van der Waals surface area contributed by atoms with Crippen molar-refractivity contribution in [1.82, 2.24) is 10.2 Å². The number of hydrogen-bond donors (Lipinski definition) is 2. The van der Waals surface area contributed by atoms with Crippen LogP contribution in [0.15, 0.2) is 30.3 Å². The molecule has 6 nitrogen and oxygen atoms in total. The molecule has 1 aromatic carbocycles. The van der Waals surface area contributed by atoms with E-state index < -0.39 is 17.7 Å². The molecule has 0 bridgehead atoms. The predicted molar refractivity (Wildman–Crippen MR) is 90.8 cm³/mol. The SMILES string of the molecule is CC(C)(C)N(C(=O)O)[C@H]1CC[C@@H](NC(=O)OCc2ccccc2)C1. The quantitative estimate of drug-likeness (QED) is 0.881. The summed E-state index contributed by atoms with van der Waals surface area (Å²) in [5.41, 5.74) is 0.473. The topological polar surface area (TPSA) is 78.9 Å². The van der Waals surface area contributed by atoms with Gasteiger partial charge in [-0.05, 0) is 45.6 Å². The number of alkyl carbamates (subject to hydrolysis) is 1. The molecule has 1 aliphatic rings. The van der Waals surface area contributed by atoms with Gasteiger partial charge in [0.1, 0.15) is 6.61 Å². The third kappa shape index (κ3) is 4.88. The van der Waals surface area contributed by atoms with Crippen LogP contribution in [0.4, 0.5) is 9.59 Å². The van der Waals surface area contributed by atoms with Gasteiger partial charge in [0.2, 0.25) is 0 Å². The van der Waals surface area contributed by atoms with Gasteiger partial charge >= 0.3 is 12.2 Å². The summed E-state index contributed by atoms with van der Waals surface area (Å²) in [5, 5.41) is 12.3. The number of ether oxygens (including phenoxy) is 1. The highest BCUT2D eigenvalue weighted by Gasteiger charge is 2.38. The van der Waals surface area contributed by atoms with Gasteiger partial charge in [-0.25, -0.2) is 9.59 Å². The van der Waals surface area contributed by atoms with Crippen molar-refractivity contribution in [2.24, 2.45) is 0 Å². The zero-order valence-electron chi connectivity index (χ0n) is 14.5. The maximum atomic E-state index is 11.9. The fourth-order valence-corrected chi connectivity index (χ4v) is 3.25. The van der Waals surface area contributed by atoms with E-state index in [-0.39, 0.29) is 18.7 Å². The second kappa shape index (κ2) is 7.55. The van der Waals surface area contributed by atoms with E-state index in [0.29, 0.717) is 6.42 Å². The number of amides is 2. The molecule has 0 heterocycles. The zero-order chi connectivity index (χ0) is 17.7. The first-order valence-electron chi connectivity index (χ1n) is 8.27. The standard InChI is InChI=1S/C18H26N2O4/c1-18(2,3)20(17(22)23)15-10-9-14(11-15)19-16(21)24-12-13-7-5-4-6-8-13/h4-8,14-15H,9-12H2,1-3H3,(H,19,21)(H,22,23)/t14-,15+/m1/s1. The molecule has 1 aromatic rings. The molecule has 2 N–H and O–H groups in total. The monoisotopic (exact) mass is 334 g/mol. The van der Waals surface area contributed by atoms with Crippen molar-refractivity contribution in [3.8, 4) is 0 Å². The lowest BCUT2D eigenvalue weighted by molar-refractivity contribution is 0.0712. The highest BCUT2D eigenvalue weighted by atomic mass is 16.5. The number of rotatable bonds is 4. The van der Waals surface area contributed by atoms with E-state index in [1.165, 1.54) is 4.90 Å². The molecular formula is C18H26N2O4. The minimum Gasteiger partial charge on any atom is -0.465 e. The predicted octanol–water partition coefficient (Wildman–Crippen LogP) is 3.61. The number of carboxylic acid groups (broad SMARTS) is 1. The molecule has 0 radical (unpaired) electrons. The first-order valence-corrected chi connectivity index (χ1v) is 8.27. The highest BCUT2D eigenvalue weighted by Crippen LogP contribution is 2.29. The summed E-state index contributed by atoms with van der Waals surface area (Å²) in [6.07, 6.45) is 0.740. The lowest BCUT2D eigenvalue weighted by Crippen LogP contribution is -2.50. The van der Waals surface area contributed by atoms with Crippen LogP contribution < -0.4 is 5.32 Å². The summed E-state index contributed by atoms with van der Waals surface area (Å²) >= 11 is 0. The Morgan fingerprint density at radius 2 is 1.92 bits per heavy atom. The lowest BCUT2D eigenvalue weighted by atomic mass is 10.0. The van der Waals surface area contributed by atoms with E-state index in [9.17, 15) is 14.7 Å². The fourth-order valence-electron chi connectivity index (χ4n) is 3.25. The van der Waals surface area contributed by atoms with Crippen LogP contribution in [0.1, 0.15) is 45.6 Å². The second-order valence-corrected chi connectivity index (χ2v) is 7.19. The molecule has 1 fully saturated rings. The number of carbonyl (C=O) groups excluding carboxylic acids is 1. The van der Waals surface area contributed by atoms with Gasteiger partial charge in [-0.1, -0.05) is 30.3 Å². The Kier molecular flexibility index (Phi) is 5.70. The number of nitrogens with zero attached hydrogens (tertiary/aromatic N) is 1. The normalized spacial score (nSPS) is 20.5. The Labute approximate surface area is 142 Å². The van der Waals surface area contributed by atoms with Crippen LogP contribution in [0.25, 0.3) is 0 Å². The summed E-state index contributed by atoms with van der Waals surface area (Å²) in [4.78, 5) is 24.9. The molecule has 0 aliphatic heterocycles. The Bertz CT molecular complexity index is 568. The molecule has 0 spiro atoms. The summed E-state index contributed by atoms with van der Waals surface area (Å²) < 4.78 is 5.22. The van der Waals surface area contributed by atoms with Gasteiger partial charge in [0.25, 0.3) is 0 Å². The Hall–Kier alpha value is -2.24. The molecule has 24 heavy (non-hydrogen) atoms. The average Bonchev–Trinajstić information content (AvgIpc) is 2.92. The number of carbonyl (C=O) groups is 2. The molecule has 1 saturated carbocycles. The van der Waals surface area contributed by atoms with E-state index in [0.717, 1.165) is 18.4 Å². The summed E-state index contributed by atoms with van der Waals surface area (Å²) in [6.45, 7) is 5.88. The van der Waals surface area contributed by atoms with Crippen molar-refractivity contribution in [3.05, 3.63) is 35.9 Å². The van der Waals surface area contributed by atoms with E-state index in [2.05, 4.69) is 5.32 Å². The summed E-state index contributed by atoms with van der Waals surface area (Å²) in [7, 11) is 0. The highest BCUT2D eigenvalue weighted by molar-refractivity contribution is 5.68. The van der Waals surface area contributed by atoms with Crippen LogP contribution in [0, 0.1) is 0 Å². The lowest BCUT2D eigenvalue weighted by Gasteiger charge is -2.38. The summed E-state index contributed by atoms with van der Waals surface area (Å²) in [6, 6.07) is 9.35. The Morgan fingerprint density at radius 1 is 1.25 bits per heavy atom. The average molecular weight is 334 g/mol. The van der Waals surface area contributed by atoms with Crippen LogP contribution in [0.5, 0.6) is 0 Å². The molecule has 0 saturated heterocycles. The molecule has 1 aliphatic carbocycles. The fraction of sp³-hybridized carbons (Fsp3) is 0.556. The van der Waals surface area contributed by atoms with Crippen molar-refractivity contribution >= 4 is 12.2 Å². The van der Waals surface area contributed by atoms with Gasteiger partial charge in [-0.15, -0.1) is 0 Å². The second-order valence-electron chi connectivity index (χ2n) is 7.19. The van der Waals surface area contributed by atoms with Crippen LogP contribution in [0.3, 0.4) is 0 Å². The van der Waals surface area contributed by atoms with Crippen LogP contribution in [-0.2, 0) is 11.3 Å². The van der Waals surface area contributed by atoms with E-state index in [1.807, 2.05) is 51.1 Å². The Balaban J connectivity index is 1.82. The molecule has 6 heteroatoms. The van der Waals surface area contributed by atoms with E-state index in [1.54, 1.807) is 0 Å². The van der Waals surface area contributed by atoms with Gasteiger partial charge in [0.15, 0.2) is 0 Å². The molecule has 2 rings (SSSR count). The van der Waals surface area contributed by atoms with E-state index >= 15 is 0 Å².